The number of thiol groups is 1. The number of benzene rings is 1. The molecule has 6 nitrogen and oxygen atoms in total. The van der Waals surface area contributed by atoms with Gasteiger partial charge < -0.3 is 14.2 Å². The summed E-state index contributed by atoms with van der Waals surface area (Å²) in [4.78, 5) is 31.2. The van der Waals surface area contributed by atoms with Gasteiger partial charge in [-0.3, -0.25) is 4.79 Å². The molecule has 7 heteroatoms. The Morgan fingerprint density at radius 1 is 0.971 bits per heavy atom. The van der Waals surface area contributed by atoms with Crippen LogP contribution in [0.3, 0.4) is 0 Å². The number of carbonyl (C=O) groups is 3. The average Bonchev–Trinajstić information content (AvgIpc) is 2.85. The molecular formula is C28H44O6S. The Balaban J connectivity index is -0.000000393. The van der Waals surface area contributed by atoms with Gasteiger partial charge in [0, 0.05) is 17.4 Å². The fourth-order valence-electron chi connectivity index (χ4n) is 1.75. The summed E-state index contributed by atoms with van der Waals surface area (Å²) >= 11 is 3.90. The van der Waals surface area contributed by atoms with Crippen LogP contribution in [-0.4, -0.2) is 44.0 Å². The van der Waals surface area contributed by atoms with Gasteiger partial charge in [-0.2, -0.15) is 12.6 Å². The van der Waals surface area contributed by atoms with Crippen LogP contribution in [0.2, 0.25) is 0 Å². The number of hydrogen-bond acceptors (Lipinski definition) is 7. The molecule has 0 atom stereocenters. The Bertz CT molecular complexity index is 725. The summed E-state index contributed by atoms with van der Waals surface area (Å²) in [7, 11) is 1.33. The van der Waals surface area contributed by atoms with Crippen molar-refractivity contribution >= 4 is 36.6 Å². The summed E-state index contributed by atoms with van der Waals surface area (Å²) in [6, 6.07) is 8.28. The van der Waals surface area contributed by atoms with Crippen LogP contribution in [0.15, 0.2) is 55.7 Å². The molecule has 0 radical (unpaired) electrons. The SMILES string of the molecule is C=C(C)C(=O)OC.C=CC(=O)OCCCC.C=Cc1ccc(C)cc1.CCCCOC(=O)CCS. The van der Waals surface area contributed by atoms with Crippen LogP contribution in [0.5, 0.6) is 0 Å². The number of hydrogen-bond donors (Lipinski definition) is 1. The van der Waals surface area contributed by atoms with E-state index in [1.54, 1.807) is 6.92 Å². The molecule has 0 heterocycles. The zero-order valence-corrected chi connectivity index (χ0v) is 23.0. The first-order valence-electron chi connectivity index (χ1n) is 11.6. The number of ether oxygens (including phenoxy) is 3. The standard InChI is InChI=1S/C9H10.C7H14O2S.C7H12O2.C5H8O2/c1-3-9-6-4-8(2)5-7-9;1-2-3-5-9-7(8)4-6-10;1-3-5-6-9-7(8)4-2;1-4(2)5(6)7-3/h3-7H,1H2,2H3;10H,2-6H2,1H3;4H,2-3,5-6H2,1H3;1H2,2-3H3. The number of rotatable bonds is 11. The second-order valence-corrected chi connectivity index (χ2v) is 7.61. The topological polar surface area (TPSA) is 78.9 Å². The molecule has 0 saturated heterocycles. The lowest BCUT2D eigenvalue weighted by Gasteiger charge is -2.00. The van der Waals surface area contributed by atoms with Crippen LogP contribution in [0.1, 0.15) is 64.0 Å². The number of unbranched alkanes of at least 4 members (excludes halogenated alkanes) is 2. The van der Waals surface area contributed by atoms with E-state index >= 15 is 0 Å². The van der Waals surface area contributed by atoms with Crippen molar-refractivity contribution in [2.45, 2.75) is 59.8 Å². The molecule has 0 spiro atoms. The highest BCUT2D eigenvalue weighted by Crippen LogP contribution is 2.02. The van der Waals surface area contributed by atoms with Gasteiger partial charge in [0.2, 0.25) is 0 Å². The van der Waals surface area contributed by atoms with Gasteiger partial charge in [-0.1, -0.05) is 82.3 Å². The molecule has 0 aliphatic carbocycles. The molecular weight excluding hydrogens is 464 g/mol. The monoisotopic (exact) mass is 508 g/mol. The third-order valence-electron chi connectivity index (χ3n) is 3.83. The predicted molar refractivity (Wildman–Crippen MR) is 149 cm³/mol. The van der Waals surface area contributed by atoms with Crippen LogP contribution in [-0.2, 0) is 28.6 Å². The van der Waals surface area contributed by atoms with Crippen molar-refractivity contribution in [3.05, 3.63) is 66.8 Å². The molecule has 0 saturated carbocycles. The van der Waals surface area contributed by atoms with E-state index in [0.717, 1.165) is 25.7 Å². The highest BCUT2D eigenvalue weighted by Gasteiger charge is 1.98. The maximum absolute atomic E-state index is 10.6. The Labute approximate surface area is 217 Å². The van der Waals surface area contributed by atoms with Gasteiger partial charge in [0.25, 0.3) is 0 Å². The molecule has 198 valence electrons. The van der Waals surface area contributed by atoms with E-state index < -0.39 is 0 Å². The lowest BCUT2D eigenvalue weighted by molar-refractivity contribution is -0.143. The van der Waals surface area contributed by atoms with Crippen LogP contribution >= 0.6 is 12.6 Å². The zero-order valence-electron chi connectivity index (χ0n) is 22.1. The van der Waals surface area contributed by atoms with Gasteiger partial charge in [0.1, 0.15) is 0 Å². The first-order valence-corrected chi connectivity index (χ1v) is 12.2. The molecule has 0 amide bonds. The van der Waals surface area contributed by atoms with E-state index in [2.05, 4.69) is 80.0 Å². The molecule has 0 unspecified atom stereocenters. The predicted octanol–water partition coefficient (Wildman–Crippen LogP) is 6.54. The van der Waals surface area contributed by atoms with Gasteiger partial charge in [-0.05, 0) is 32.3 Å². The van der Waals surface area contributed by atoms with Gasteiger partial charge in [-0.25, -0.2) is 9.59 Å². The molecule has 0 N–H and O–H groups in total. The van der Waals surface area contributed by atoms with Gasteiger partial charge in [-0.15, -0.1) is 0 Å². The molecule has 1 aromatic rings. The fourth-order valence-corrected chi connectivity index (χ4v) is 1.93. The van der Waals surface area contributed by atoms with E-state index in [0.29, 0.717) is 31.0 Å². The van der Waals surface area contributed by atoms with Crippen LogP contribution < -0.4 is 0 Å². The molecule has 35 heavy (non-hydrogen) atoms. The molecule has 0 aliphatic heterocycles. The third-order valence-corrected chi connectivity index (χ3v) is 4.06. The third kappa shape index (κ3) is 29.2. The minimum atomic E-state index is -0.347. The minimum absolute atomic E-state index is 0.136. The van der Waals surface area contributed by atoms with Crippen LogP contribution in [0, 0.1) is 6.92 Å². The van der Waals surface area contributed by atoms with Crippen molar-refractivity contribution < 1.29 is 28.6 Å². The molecule has 0 bridgehead atoms. The van der Waals surface area contributed by atoms with Crippen molar-refractivity contribution in [2.24, 2.45) is 0 Å². The zero-order chi connectivity index (χ0) is 27.5. The van der Waals surface area contributed by atoms with Crippen molar-refractivity contribution in [1.29, 1.82) is 0 Å². The first kappa shape index (κ1) is 36.8. The van der Waals surface area contributed by atoms with E-state index in [9.17, 15) is 14.4 Å². The minimum Gasteiger partial charge on any atom is -0.466 e. The van der Waals surface area contributed by atoms with Crippen molar-refractivity contribution in [3.8, 4) is 0 Å². The van der Waals surface area contributed by atoms with Crippen molar-refractivity contribution in [3.63, 3.8) is 0 Å². The smallest absolute Gasteiger partial charge is 0.332 e. The van der Waals surface area contributed by atoms with Gasteiger partial charge in [0.15, 0.2) is 0 Å². The molecule has 1 rings (SSSR count). The normalized spacial score (nSPS) is 8.74. The number of esters is 3. The second kappa shape index (κ2) is 27.4. The summed E-state index contributed by atoms with van der Waals surface area (Å²) < 4.78 is 13.8. The molecule has 1 aromatic carbocycles. The van der Waals surface area contributed by atoms with Crippen LogP contribution in [0.4, 0.5) is 0 Å². The summed E-state index contributed by atoms with van der Waals surface area (Å²) in [5.74, 6) is -0.239. The summed E-state index contributed by atoms with van der Waals surface area (Å²) in [6.45, 7) is 19.1. The van der Waals surface area contributed by atoms with E-state index in [-0.39, 0.29) is 17.9 Å². The van der Waals surface area contributed by atoms with Gasteiger partial charge in [0.05, 0.1) is 26.7 Å². The Morgan fingerprint density at radius 2 is 1.49 bits per heavy atom. The van der Waals surface area contributed by atoms with Crippen LogP contribution in [0.25, 0.3) is 6.08 Å². The largest absolute Gasteiger partial charge is 0.466 e. The fraction of sp³-hybridized carbons (Fsp3) is 0.464. The van der Waals surface area contributed by atoms with Gasteiger partial charge >= 0.3 is 17.9 Å². The summed E-state index contributed by atoms with van der Waals surface area (Å²) in [6.07, 6.45) is 7.44. The van der Waals surface area contributed by atoms with E-state index in [1.807, 2.05) is 13.0 Å². The lowest BCUT2D eigenvalue weighted by atomic mass is 10.2. The highest BCUT2D eigenvalue weighted by atomic mass is 32.1. The summed E-state index contributed by atoms with van der Waals surface area (Å²) in [5.41, 5.74) is 2.91. The van der Waals surface area contributed by atoms with E-state index in [4.69, 9.17) is 4.74 Å². The Hall–Kier alpha value is -2.80. The maximum Gasteiger partial charge on any atom is 0.332 e. The Kier molecular flexibility index (Phi) is 28.8. The Morgan fingerprint density at radius 3 is 1.83 bits per heavy atom. The summed E-state index contributed by atoms with van der Waals surface area (Å²) in [5, 5.41) is 0. The maximum atomic E-state index is 10.6. The van der Waals surface area contributed by atoms with Crippen molar-refractivity contribution in [2.75, 3.05) is 26.1 Å². The highest BCUT2D eigenvalue weighted by molar-refractivity contribution is 7.80. The number of aryl methyl sites for hydroxylation is 1. The quantitative estimate of drug-likeness (QED) is 0.120. The number of carbonyl (C=O) groups excluding carboxylic acids is 3. The second-order valence-electron chi connectivity index (χ2n) is 7.16. The molecule has 0 aromatic heterocycles. The lowest BCUT2D eigenvalue weighted by Crippen LogP contribution is -2.05. The first-order chi connectivity index (χ1) is 16.6. The number of methoxy groups -OCH3 is 1. The molecule has 0 aliphatic rings. The van der Waals surface area contributed by atoms with Crippen molar-refractivity contribution in [1.82, 2.24) is 0 Å². The average molecular weight is 509 g/mol. The van der Waals surface area contributed by atoms with E-state index in [1.165, 1.54) is 24.3 Å². The molecule has 0 fully saturated rings.